The van der Waals surface area contributed by atoms with E-state index in [0.29, 0.717) is 5.92 Å². The lowest BCUT2D eigenvalue weighted by Gasteiger charge is -2.32. The molecule has 2 rings (SSSR count). The third kappa shape index (κ3) is 1.67. The summed E-state index contributed by atoms with van der Waals surface area (Å²) in [5.74, 6) is 1.31. The van der Waals surface area contributed by atoms with Gasteiger partial charge in [-0.05, 0) is 31.6 Å². The number of unbranched alkanes of at least 4 members (excludes halogenated alkanes) is 2. The van der Waals surface area contributed by atoms with Crippen LogP contribution in [0.3, 0.4) is 0 Å². The molecule has 0 saturated heterocycles. The largest absolute Gasteiger partial charge is 0.392 e. The Bertz CT molecular complexity index is 207. The molecule has 0 radical (unpaired) electrons. The number of aliphatic hydroxyl groups excluding tert-OH is 1. The maximum atomic E-state index is 9.56. The van der Waals surface area contributed by atoms with E-state index >= 15 is 0 Å². The summed E-state index contributed by atoms with van der Waals surface area (Å²) in [5.41, 5.74) is 1.65. The van der Waals surface area contributed by atoms with Crippen molar-refractivity contribution in [1.82, 2.24) is 0 Å². The number of hydrogen-bond donors (Lipinski definition) is 1. The fourth-order valence-corrected chi connectivity index (χ4v) is 2.76. The molecule has 0 aromatic rings. The SMILES string of the molecule is CCCCCC1=CC2C(O)CCC12. The lowest BCUT2D eigenvalue weighted by Crippen LogP contribution is -2.26. The molecule has 0 spiro atoms. The van der Waals surface area contributed by atoms with E-state index in [0.717, 1.165) is 12.3 Å². The molecule has 1 fully saturated rings. The highest BCUT2D eigenvalue weighted by atomic mass is 16.3. The van der Waals surface area contributed by atoms with E-state index in [-0.39, 0.29) is 6.10 Å². The lowest BCUT2D eigenvalue weighted by molar-refractivity contribution is 0.135. The van der Waals surface area contributed by atoms with E-state index in [1.54, 1.807) is 5.57 Å². The van der Waals surface area contributed by atoms with E-state index in [4.69, 9.17) is 0 Å². The van der Waals surface area contributed by atoms with Crippen LogP contribution in [0.2, 0.25) is 0 Å². The van der Waals surface area contributed by atoms with Crippen molar-refractivity contribution in [3.8, 4) is 0 Å². The van der Waals surface area contributed by atoms with Gasteiger partial charge in [0.05, 0.1) is 6.10 Å². The number of aliphatic hydroxyl groups is 1. The van der Waals surface area contributed by atoms with Crippen molar-refractivity contribution in [2.75, 3.05) is 0 Å². The summed E-state index contributed by atoms with van der Waals surface area (Å²) in [4.78, 5) is 0. The number of fused-ring (bicyclic) bond motifs is 1. The van der Waals surface area contributed by atoms with Gasteiger partial charge in [-0.25, -0.2) is 0 Å². The Balaban J connectivity index is 1.78. The van der Waals surface area contributed by atoms with Gasteiger partial charge in [0.1, 0.15) is 0 Å². The summed E-state index contributed by atoms with van der Waals surface area (Å²) >= 11 is 0. The van der Waals surface area contributed by atoms with Gasteiger partial charge in [-0.1, -0.05) is 31.4 Å². The van der Waals surface area contributed by atoms with E-state index in [9.17, 15) is 5.11 Å². The third-order valence-electron chi connectivity index (χ3n) is 3.63. The smallest absolute Gasteiger partial charge is 0.0608 e. The molecule has 3 atom stereocenters. The molecular weight excluding hydrogens is 160 g/mol. The number of rotatable bonds is 4. The minimum absolute atomic E-state index is 0.0140. The van der Waals surface area contributed by atoms with E-state index in [1.807, 2.05) is 0 Å². The Morgan fingerprint density at radius 3 is 2.92 bits per heavy atom. The van der Waals surface area contributed by atoms with Crippen molar-refractivity contribution in [3.63, 3.8) is 0 Å². The zero-order valence-corrected chi connectivity index (χ0v) is 8.50. The van der Waals surface area contributed by atoms with Crippen LogP contribution in [0, 0.1) is 11.8 Å². The van der Waals surface area contributed by atoms with Crippen LogP contribution in [0.4, 0.5) is 0 Å². The molecule has 1 heteroatoms. The molecule has 1 saturated carbocycles. The second-order valence-corrected chi connectivity index (χ2v) is 4.53. The summed E-state index contributed by atoms with van der Waals surface area (Å²) in [6.45, 7) is 2.25. The molecule has 0 aliphatic heterocycles. The zero-order chi connectivity index (χ0) is 9.26. The molecule has 0 amide bonds. The lowest BCUT2D eigenvalue weighted by atomic mass is 9.74. The molecule has 0 heterocycles. The van der Waals surface area contributed by atoms with E-state index < -0.39 is 0 Å². The van der Waals surface area contributed by atoms with E-state index in [2.05, 4.69) is 13.0 Å². The van der Waals surface area contributed by atoms with Crippen LogP contribution in [0.1, 0.15) is 45.4 Å². The third-order valence-corrected chi connectivity index (χ3v) is 3.63. The van der Waals surface area contributed by atoms with Crippen molar-refractivity contribution < 1.29 is 5.11 Å². The van der Waals surface area contributed by atoms with Crippen LogP contribution >= 0.6 is 0 Å². The monoisotopic (exact) mass is 180 g/mol. The Labute approximate surface area is 80.8 Å². The normalized spacial score (nSPS) is 36.8. The van der Waals surface area contributed by atoms with Gasteiger partial charge in [-0.2, -0.15) is 0 Å². The fourth-order valence-electron chi connectivity index (χ4n) is 2.76. The molecule has 3 unspecified atom stereocenters. The Morgan fingerprint density at radius 1 is 1.38 bits per heavy atom. The first kappa shape index (κ1) is 9.26. The highest BCUT2D eigenvalue weighted by molar-refractivity contribution is 5.26. The second kappa shape index (κ2) is 3.83. The molecule has 74 valence electrons. The summed E-state index contributed by atoms with van der Waals surface area (Å²) in [5, 5.41) is 9.56. The van der Waals surface area contributed by atoms with Gasteiger partial charge in [0, 0.05) is 5.92 Å². The van der Waals surface area contributed by atoms with Gasteiger partial charge < -0.3 is 5.11 Å². The van der Waals surface area contributed by atoms with Gasteiger partial charge in [0.25, 0.3) is 0 Å². The van der Waals surface area contributed by atoms with Crippen molar-refractivity contribution in [3.05, 3.63) is 11.6 Å². The number of hydrogen-bond acceptors (Lipinski definition) is 1. The van der Waals surface area contributed by atoms with Gasteiger partial charge in [0.2, 0.25) is 0 Å². The summed E-state index contributed by atoms with van der Waals surface area (Å²) in [6, 6.07) is 0. The molecule has 2 aliphatic rings. The van der Waals surface area contributed by atoms with Crippen LogP contribution in [0.5, 0.6) is 0 Å². The average Bonchev–Trinajstić information content (AvgIpc) is 2.36. The standard InChI is InChI=1S/C12H20O/c1-2-3-4-5-9-8-11-10(9)6-7-12(11)13/h8,10-13H,2-7H2,1H3. The van der Waals surface area contributed by atoms with Crippen LogP contribution in [-0.2, 0) is 0 Å². The molecule has 0 bridgehead atoms. The second-order valence-electron chi connectivity index (χ2n) is 4.53. The topological polar surface area (TPSA) is 20.2 Å². The van der Waals surface area contributed by atoms with E-state index in [1.165, 1.54) is 32.1 Å². The molecule has 0 aromatic carbocycles. The Hall–Kier alpha value is -0.300. The maximum Gasteiger partial charge on any atom is 0.0608 e. The fraction of sp³-hybridized carbons (Fsp3) is 0.833. The van der Waals surface area contributed by atoms with Crippen molar-refractivity contribution >= 4 is 0 Å². The average molecular weight is 180 g/mol. The first-order valence-corrected chi connectivity index (χ1v) is 5.71. The molecule has 1 N–H and O–H groups in total. The highest BCUT2D eigenvalue weighted by Gasteiger charge is 2.41. The van der Waals surface area contributed by atoms with Crippen molar-refractivity contribution in [2.24, 2.45) is 11.8 Å². The molecular formula is C12H20O. The Morgan fingerprint density at radius 2 is 2.23 bits per heavy atom. The first-order valence-electron chi connectivity index (χ1n) is 5.71. The summed E-state index contributed by atoms with van der Waals surface area (Å²) in [6.07, 6.45) is 9.90. The molecule has 1 nitrogen and oxygen atoms in total. The van der Waals surface area contributed by atoms with Gasteiger partial charge in [-0.15, -0.1) is 0 Å². The molecule has 0 aromatic heterocycles. The predicted molar refractivity (Wildman–Crippen MR) is 54.4 cm³/mol. The van der Waals surface area contributed by atoms with Crippen LogP contribution in [0.15, 0.2) is 11.6 Å². The van der Waals surface area contributed by atoms with Crippen molar-refractivity contribution in [2.45, 2.75) is 51.6 Å². The quantitative estimate of drug-likeness (QED) is 0.521. The first-order chi connectivity index (χ1) is 6.33. The van der Waals surface area contributed by atoms with Crippen molar-refractivity contribution in [1.29, 1.82) is 0 Å². The van der Waals surface area contributed by atoms with Gasteiger partial charge in [-0.3, -0.25) is 0 Å². The van der Waals surface area contributed by atoms with Crippen LogP contribution in [0.25, 0.3) is 0 Å². The summed E-state index contributed by atoms with van der Waals surface area (Å²) in [7, 11) is 0. The molecule has 13 heavy (non-hydrogen) atoms. The predicted octanol–water partition coefficient (Wildman–Crippen LogP) is 2.89. The highest BCUT2D eigenvalue weighted by Crippen LogP contribution is 2.47. The minimum Gasteiger partial charge on any atom is -0.392 e. The van der Waals surface area contributed by atoms with Gasteiger partial charge in [0.15, 0.2) is 0 Å². The van der Waals surface area contributed by atoms with Gasteiger partial charge >= 0.3 is 0 Å². The molecule has 2 aliphatic carbocycles. The zero-order valence-electron chi connectivity index (χ0n) is 8.50. The Kier molecular flexibility index (Phi) is 2.73. The maximum absolute atomic E-state index is 9.56. The number of allylic oxidation sites excluding steroid dienone is 1. The summed E-state index contributed by atoms with van der Waals surface area (Å²) < 4.78 is 0. The minimum atomic E-state index is -0.0140. The van der Waals surface area contributed by atoms with Crippen LogP contribution < -0.4 is 0 Å². The van der Waals surface area contributed by atoms with Crippen LogP contribution in [-0.4, -0.2) is 11.2 Å².